The fourth-order valence-electron chi connectivity index (χ4n) is 1.75. The van der Waals surface area contributed by atoms with Crippen molar-refractivity contribution in [3.8, 4) is 11.3 Å². The Morgan fingerprint density at radius 2 is 1.84 bits per heavy atom. The molecule has 102 valence electrons. The lowest BCUT2D eigenvalue weighted by atomic mass is 10.1. The quantitative estimate of drug-likeness (QED) is 0.915. The SMILES string of the molecule is Cc1c(CNC(C)(C)C)noc1-c1ccc(Br)cc1. The van der Waals surface area contributed by atoms with Gasteiger partial charge in [0.2, 0.25) is 0 Å². The number of aromatic nitrogens is 1. The Labute approximate surface area is 122 Å². The summed E-state index contributed by atoms with van der Waals surface area (Å²) in [4.78, 5) is 0. The number of benzene rings is 1. The van der Waals surface area contributed by atoms with Gasteiger partial charge in [-0.3, -0.25) is 0 Å². The average molecular weight is 323 g/mol. The van der Waals surface area contributed by atoms with Crippen LogP contribution in [-0.2, 0) is 6.54 Å². The topological polar surface area (TPSA) is 38.1 Å². The Hall–Kier alpha value is -1.13. The van der Waals surface area contributed by atoms with E-state index in [4.69, 9.17) is 4.52 Å². The minimum Gasteiger partial charge on any atom is -0.356 e. The summed E-state index contributed by atoms with van der Waals surface area (Å²) in [6.07, 6.45) is 0. The fraction of sp³-hybridized carbons (Fsp3) is 0.400. The third-order valence-electron chi connectivity index (χ3n) is 2.91. The minimum atomic E-state index is 0.0726. The van der Waals surface area contributed by atoms with Gasteiger partial charge in [0.15, 0.2) is 5.76 Å². The van der Waals surface area contributed by atoms with Gasteiger partial charge < -0.3 is 9.84 Å². The molecule has 0 bridgehead atoms. The first-order chi connectivity index (χ1) is 8.87. The van der Waals surface area contributed by atoms with Gasteiger partial charge in [0.1, 0.15) is 5.69 Å². The molecule has 0 aliphatic heterocycles. The smallest absolute Gasteiger partial charge is 0.170 e. The van der Waals surface area contributed by atoms with E-state index in [2.05, 4.69) is 47.2 Å². The van der Waals surface area contributed by atoms with Crippen molar-refractivity contribution in [1.29, 1.82) is 0 Å². The van der Waals surface area contributed by atoms with Gasteiger partial charge in [-0.25, -0.2) is 0 Å². The van der Waals surface area contributed by atoms with E-state index in [0.29, 0.717) is 0 Å². The summed E-state index contributed by atoms with van der Waals surface area (Å²) in [7, 11) is 0. The number of halogens is 1. The molecular weight excluding hydrogens is 304 g/mol. The van der Waals surface area contributed by atoms with Crippen molar-refractivity contribution in [3.63, 3.8) is 0 Å². The Morgan fingerprint density at radius 1 is 1.21 bits per heavy atom. The third-order valence-corrected chi connectivity index (χ3v) is 3.44. The molecule has 0 aliphatic rings. The van der Waals surface area contributed by atoms with Gasteiger partial charge >= 0.3 is 0 Å². The Morgan fingerprint density at radius 3 is 2.42 bits per heavy atom. The molecule has 3 nitrogen and oxygen atoms in total. The molecule has 2 rings (SSSR count). The number of rotatable bonds is 3. The molecule has 1 aromatic heterocycles. The molecule has 0 fully saturated rings. The van der Waals surface area contributed by atoms with Crippen molar-refractivity contribution in [2.75, 3.05) is 0 Å². The van der Waals surface area contributed by atoms with Crippen LogP contribution in [0, 0.1) is 6.92 Å². The number of nitrogens with one attached hydrogen (secondary N) is 1. The summed E-state index contributed by atoms with van der Waals surface area (Å²) in [5, 5.41) is 7.59. The largest absolute Gasteiger partial charge is 0.356 e. The van der Waals surface area contributed by atoms with Crippen molar-refractivity contribution in [1.82, 2.24) is 10.5 Å². The maximum absolute atomic E-state index is 5.48. The van der Waals surface area contributed by atoms with E-state index >= 15 is 0 Å². The van der Waals surface area contributed by atoms with Crippen LogP contribution < -0.4 is 5.32 Å². The van der Waals surface area contributed by atoms with Crippen LogP contribution in [0.3, 0.4) is 0 Å². The van der Waals surface area contributed by atoms with E-state index in [1.54, 1.807) is 0 Å². The van der Waals surface area contributed by atoms with E-state index in [9.17, 15) is 0 Å². The molecule has 0 saturated carbocycles. The van der Waals surface area contributed by atoms with Gasteiger partial charge in [0, 0.05) is 27.7 Å². The zero-order chi connectivity index (χ0) is 14.0. The van der Waals surface area contributed by atoms with E-state index in [1.165, 1.54) is 0 Å². The van der Waals surface area contributed by atoms with E-state index in [0.717, 1.165) is 33.6 Å². The summed E-state index contributed by atoms with van der Waals surface area (Å²) in [6.45, 7) is 9.18. The predicted octanol–water partition coefficient (Wildman–Crippen LogP) is 4.30. The van der Waals surface area contributed by atoms with Crippen LogP contribution in [0.2, 0.25) is 0 Å². The standard InChI is InChI=1S/C15H19BrN2O/c1-10-13(9-17-15(2,3)4)18-19-14(10)11-5-7-12(16)8-6-11/h5-8,17H,9H2,1-4H3. The summed E-state index contributed by atoms with van der Waals surface area (Å²) in [5.41, 5.74) is 3.19. The highest BCUT2D eigenvalue weighted by atomic mass is 79.9. The fourth-order valence-corrected chi connectivity index (χ4v) is 2.02. The average Bonchev–Trinajstić information content (AvgIpc) is 2.68. The monoisotopic (exact) mass is 322 g/mol. The van der Waals surface area contributed by atoms with Gasteiger partial charge in [-0.15, -0.1) is 0 Å². The first-order valence-corrected chi connectivity index (χ1v) is 7.12. The van der Waals surface area contributed by atoms with Crippen LogP contribution in [0.4, 0.5) is 0 Å². The van der Waals surface area contributed by atoms with Crippen LogP contribution in [-0.4, -0.2) is 10.7 Å². The summed E-state index contributed by atoms with van der Waals surface area (Å²) < 4.78 is 6.54. The van der Waals surface area contributed by atoms with Crippen LogP contribution in [0.5, 0.6) is 0 Å². The Balaban J connectivity index is 2.20. The Kier molecular flexibility index (Phi) is 4.11. The number of nitrogens with zero attached hydrogens (tertiary/aromatic N) is 1. The van der Waals surface area contributed by atoms with Crippen molar-refractivity contribution in [2.45, 2.75) is 39.8 Å². The second-order valence-electron chi connectivity index (χ2n) is 5.69. The number of hydrogen-bond donors (Lipinski definition) is 1. The zero-order valence-electron chi connectivity index (χ0n) is 11.7. The van der Waals surface area contributed by atoms with Gasteiger partial charge in [0.25, 0.3) is 0 Å². The van der Waals surface area contributed by atoms with Crippen molar-refractivity contribution < 1.29 is 4.52 Å². The molecule has 4 heteroatoms. The maximum atomic E-state index is 5.48. The second kappa shape index (κ2) is 5.47. The molecule has 0 saturated heterocycles. The highest BCUT2D eigenvalue weighted by Crippen LogP contribution is 2.27. The maximum Gasteiger partial charge on any atom is 0.170 e. The zero-order valence-corrected chi connectivity index (χ0v) is 13.3. The van der Waals surface area contributed by atoms with E-state index in [1.807, 2.05) is 31.2 Å². The molecule has 19 heavy (non-hydrogen) atoms. The molecule has 0 spiro atoms. The summed E-state index contributed by atoms with van der Waals surface area (Å²) in [6, 6.07) is 8.06. The Bertz CT molecular complexity index is 553. The molecule has 1 heterocycles. The molecule has 0 unspecified atom stereocenters. The predicted molar refractivity (Wildman–Crippen MR) is 81.0 cm³/mol. The van der Waals surface area contributed by atoms with Crippen molar-refractivity contribution in [2.24, 2.45) is 0 Å². The van der Waals surface area contributed by atoms with Gasteiger partial charge in [0.05, 0.1) is 0 Å². The lowest BCUT2D eigenvalue weighted by Crippen LogP contribution is -2.35. The van der Waals surface area contributed by atoms with E-state index in [-0.39, 0.29) is 5.54 Å². The first-order valence-electron chi connectivity index (χ1n) is 6.33. The molecule has 1 N–H and O–H groups in total. The second-order valence-corrected chi connectivity index (χ2v) is 6.61. The highest BCUT2D eigenvalue weighted by molar-refractivity contribution is 9.10. The molecule has 0 radical (unpaired) electrons. The highest BCUT2D eigenvalue weighted by Gasteiger charge is 2.16. The molecule has 1 aromatic carbocycles. The van der Waals surface area contributed by atoms with Crippen LogP contribution in [0.15, 0.2) is 33.3 Å². The lowest BCUT2D eigenvalue weighted by Gasteiger charge is -2.19. The van der Waals surface area contributed by atoms with Gasteiger partial charge in [-0.2, -0.15) is 0 Å². The normalized spacial score (nSPS) is 11.8. The minimum absolute atomic E-state index is 0.0726. The van der Waals surface area contributed by atoms with E-state index < -0.39 is 0 Å². The van der Waals surface area contributed by atoms with Gasteiger partial charge in [-0.05, 0) is 39.8 Å². The van der Waals surface area contributed by atoms with Crippen molar-refractivity contribution >= 4 is 15.9 Å². The van der Waals surface area contributed by atoms with Gasteiger partial charge in [-0.1, -0.05) is 33.2 Å². The molecule has 0 aliphatic carbocycles. The molecule has 0 atom stereocenters. The van der Waals surface area contributed by atoms with Crippen LogP contribution in [0.1, 0.15) is 32.0 Å². The molecule has 2 aromatic rings. The first kappa shape index (κ1) is 14.3. The summed E-state index contributed by atoms with van der Waals surface area (Å²) in [5.74, 6) is 0.846. The summed E-state index contributed by atoms with van der Waals surface area (Å²) >= 11 is 3.43. The lowest BCUT2D eigenvalue weighted by molar-refractivity contribution is 0.392. The van der Waals surface area contributed by atoms with Crippen LogP contribution >= 0.6 is 15.9 Å². The van der Waals surface area contributed by atoms with Crippen molar-refractivity contribution in [3.05, 3.63) is 40.0 Å². The molecular formula is C15H19BrN2O. The van der Waals surface area contributed by atoms with Crippen LogP contribution in [0.25, 0.3) is 11.3 Å². The third kappa shape index (κ3) is 3.67. The molecule has 0 amide bonds. The number of hydrogen-bond acceptors (Lipinski definition) is 3.